The van der Waals surface area contributed by atoms with Crippen LogP contribution in [-0.4, -0.2) is 19.3 Å². The van der Waals surface area contributed by atoms with E-state index in [0.29, 0.717) is 5.76 Å². The van der Waals surface area contributed by atoms with Crippen molar-refractivity contribution in [3.05, 3.63) is 30.2 Å². The quantitative estimate of drug-likeness (QED) is 0.710. The minimum Gasteiger partial charge on any atom is -0.465 e. The predicted molar refractivity (Wildman–Crippen MR) is 52.2 cm³/mol. The van der Waals surface area contributed by atoms with Crippen LogP contribution in [0, 0.1) is 0 Å². The van der Waals surface area contributed by atoms with Crippen LogP contribution < -0.4 is 0 Å². The first-order valence-electron chi connectivity index (χ1n) is 4.04. The molecule has 0 amide bonds. The first kappa shape index (κ1) is 10.7. The van der Waals surface area contributed by atoms with E-state index in [-0.39, 0.29) is 5.75 Å². The highest BCUT2D eigenvalue weighted by molar-refractivity contribution is 8.06. The maximum atomic E-state index is 11.1. The van der Waals surface area contributed by atoms with Crippen LogP contribution in [0.1, 0.15) is 12.7 Å². The molecular formula is C9H10O4S. The number of rotatable bonds is 3. The van der Waals surface area contributed by atoms with Crippen LogP contribution >= 0.6 is 0 Å². The van der Waals surface area contributed by atoms with Gasteiger partial charge in [-0.2, -0.15) is 0 Å². The van der Waals surface area contributed by atoms with Gasteiger partial charge in [0.05, 0.1) is 12.0 Å². The maximum absolute atomic E-state index is 11.1. The summed E-state index contributed by atoms with van der Waals surface area (Å²) in [7, 11) is -3.62. The van der Waals surface area contributed by atoms with E-state index in [0.717, 1.165) is 6.08 Å². The lowest BCUT2D eigenvalue weighted by Gasteiger charge is -1.92. The average Bonchev–Trinajstić information content (AvgIpc) is 2.66. The summed E-state index contributed by atoms with van der Waals surface area (Å²) in [6, 6.07) is 3.28. The molecule has 0 aliphatic heterocycles. The first-order valence-corrected chi connectivity index (χ1v) is 5.70. The van der Waals surface area contributed by atoms with Gasteiger partial charge in [-0.3, -0.25) is 4.79 Å². The van der Waals surface area contributed by atoms with Crippen LogP contribution in [0.15, 0.2) is 28.9 Å². The molecule has 0 aliphatic carbocycles. The van der Waals surface area contributed by atoms with Crippen molar-refractivity contribution < 1.29 is 17.6 Å². The second-order valence-electron chi connectivity index (χ2n) is 2.57. The molecule has 1 aromatic rings. The van der Waals surface area contributed by atoms with Crippen LogP contribution in [0.2, 0.25) is 0 Å². The molecule has 14 heavy (non-hydrogen) atoms. The van der Waals surface area contributed by atoms with Crippen molar-refractivity contribution in [3.63, 3.8) is 0 Å². The molecule has 0 saturated carbocycles. The molecule has 1 aromatic heterocycles. The van der Waals surface area contributed by atoms with E-state index in [1.807, 2.05) is 0 Å². The SMILES string of the molecule is CCS(=O)(=O)C(=O)C=Cc1ccco1. The molecule has 0 N–H and O–H groups in total. The van der Waals surface area contributed by atoms with Gasteiger partial charge in [-0.05, 0) is 18.2 Å². The fraction of sp³-hybridized carbons (Fsp3) is 0.222. The molecule has 0 aliphatic rings. The number of carbonyl (C=O) groups excluding carboxylic acids is 1. The Labute approximate surface area is 82.1 Å². The maximum Gasteiger partial charge on any atom is 0.269 e. The number of sulfone groups is 1. The van der Waals surface area contributed by atoms with Gasteiger partial charge in [0, 0.05) is 6.08 Å². The van der Waals surface area contributed by atoms with Gasteiger partial charge in [0.1, 0.15) is 5.76 Å². The fourth-order valence-corrected chi connectivity index (χ4v) is 1.34. The number of carbonyl (C=O) groups is 1. The van der Waals surface area contributed by atoms with E-state index in [1.54, 1.807) is 12.1 Å². The Bertz CT molecular complexity index is 425. The fourth-order valence-electron chi connectivity index (χ4n) is 0.782. The molecule has 0 fully saturated rings. The Morgan fingerprint density at radius 3 is 2.79 bits per heavy atom. The first-order chi connectivity index (χ1) is 6.56. The lowest BCUT2D eigenvalue weighted by Crippen LogP contribution is -2.13. The molecule has 0 aromatic carbocycles. The van der Waals surface area contributed by atoms with Gasteiger partial charge >= 0.3 is 0 Å². The summed E-state index contributed by atoms with van der Waals surface area (Å²) in [5.41, 5.74) is 0. The topological polar surface area (TPSA) is 64.3 Å². The van der Waals surface area contributed by atoms with Gasteiger partial charge in [0.2, 0.25) is 9.84 Å². The zero-order valence-electron chi connectivity index (χ0n) is 7.64. The minimum absolute atomic E-state index is 0.186. The van der Waals surface area contributed by atoms with E-state index in [1.165, 1.54) is 19.3 Å². The molecule has 0 spiro atoms. The van der Waals surface area contributed by atoms with Crippen molar-refractivity contribution in [1.29, 1.82) is 0 Å². The van der Waals surface area contributed by atoms with Crippen LogP contribution in [-0.2, 0) is 14.6 Å². The van der Waals surface area contributed by atoms with Gasteiger partial charge in [-0.15, -0.1) is 0 Å². The van der Waals surface area contributed by atoms with E-state index >= 15 is 0 Å². The van der Waals surface area contributed by atoms with E-state index in [2.05, 4.69) is 0 Å². The van der Waals surface area contributed by atoms with Gasteiger partial charge in [0.25, 0.3) is 5.12 Å². The lowest BCUT2D eigenvalue weighted by atomic mass is 10.4. The monoisotopic (exact) mass is 214 g/mol. The molecular weight excluding hydrogens is 204 g/mol. The number of hydrogen-bond acceptors (Lipinski definition) is 4. The van der Waals surface area contributed by atoms with Crippen molar-refractivity contribution in [2.75, 3.05) is 5.75 Å². The summed E-state index contributed by atoms with van der Waals surface area (Å²) in [4.78, 5) is 11.1. The average molecular weight is 214 g/mol. The van der Waals surface area contributed by atoms with Crippen LogP contribution in [0.4, 0.5) is 0 Å². The van der Waals surface area contributed by atoms with Gasteiger partial charge in [0.15, 0.2) is 0 Å². The van der Waals surface area contributed by atoms with Gasteiger partial charge < -0.3 is 4.42 Å². The molecule has 0 unspecified atom stereocenters. The standard InChI is InChI=1S/C9H10O4S/c1-2-14(11,12)9(10)6-5-8-4-3-7-13-8/h3-7H,2H2,1H3. The zero-order valence-corrected chi connectivity index (χ0v) is 8.45. The van der Waals surface area contributed by atoms with Crippen molar-refractivity contribution >= 4 is 21.0 Å². The Hall–Kier alpha value is -1.36. The minimum atomic E-state index is -3.62. The summed E-state index contributed by atoms with van der Waals surface area (Å²) in [5.74, 6) is 0.263. The number of furan rings is 1. The molecule has 1 rings (SSSR count). The van der Waals surface area contributed by atoms with E-state index in [4.69, 9.17) is 4.42 Å². The Morgan fingerprint density at radius 1 is 1.57 bits per heavy atom. The molecule has 0 radical (unpaired) electrons. The lowest BCUT2D eigenvalue weighted by molar-refractivity contribution is -0.107. The van der Waals surface area contributed by atoms with Gasteiger partial charge in [-0.1, -0.05) is 6.92 Å². The van der Waals surface area contributed by atoms with Crippen LogP contribution in [0.5, 0.6) is 0 Å². The number of hydrogen-bond donors (Lipinski definition) is 0. The molecule has 4 nitrogen and oxygen atoms in total. The highest BCUT2D eigenvalue weighted by Gasteiger charge is 2.15. The third kappa shape index (κ3) is 2.56. The summed E-state index contributed by atoms with van der Waals surface area (Å²) < 4.78 is 27.0. The third-order valence-electron chi connectivity index (χ3n) is 1.61. The van der Waals surface area contributed by atoms with E-state index < -0.39 is 15.0 Å². The Kier molecular flexibility index (Phi) is 3.24. The predicted octanol–water partition coefficient (Wildman–Crippen LogP) is 1.25. The largest absolute Gasteiger partial charge is 0.465 e. The van der Waals surface area contributed by atoms with Crippen molar-refractivity contribution in [1.82, 2.24) is 0 Å². The summed E-state index contributed by atoms with van der Waals surface area (Å²) in [6.45, 7) is 1.42. The van der Waals surface area contributed by atoms with Crippen LogP contribution in [0.3, 0.4) is 0 Å². The molecule has 0 saturated heterocycles. The van der Waals surface area contributed by atoms with Gasteiger partial charge in [-0.25, -0.2) is 8.42 Å². The molecule has 76 valence electrons. The van der Waals surface area contributed by atoms with Crippen molar-refractivity contribution in [3.8, 4) is 0 Å². The highest BCUT2D eigenvalue weighted by Crippen LogP contribution is 2.03. The third-order valence-corrected chi connectivity index (χ3v) is 3.12. The molecule has 0 atom stereocenters. The van der Waals surface area contributed by atoms with E-state index in [9.17, 15) is 13.2 Å². The smallest absolute Gasteiger partial charge is 0.269 e. The Morgan fingerprint density at radius 2 is 2.29 bits per heavy atom. The Balaban J connectivity index is 2.76. The molecule has 5 heteroatoms. The molecule has 0 bridgehead atoms. The second-order valence-corrected chi connectivity index (χ2v) is 4.78. The summed E-state index contributed by atoms with van der Waals surface area (Å²) >= 11 is 0. The second kappa shape index (κ2) is 4.23. The highest BCUT2D eigenvalue weighted by atomic mass is 32.2. The summed E-state index contributed by atoms with van der Waals surface area (Å²) in [6.07, 6.45) is 3.77. The normalized spacial score (nSPS) is 12.1. The van der Waals surface area contributed by atoms with Crippen molar-refractivity contribution in [2.24, 2.45) is 0 Å². The van der Waals surface area contributed by atoms with Crippen LogP contribution in [0.25, 0.3) is 6.08 Å². The van der Waals surface area contributed by atoms with Crippen molar-refractivity contribution in [2.45, 2.75) is 6.92 Å². The summed E-state index contributed by atoms with van der Waals surface area (Å²) in [5, 5.41) is -0.892. The zero-order chi connectivity index (χ0) is 10.6. The molecule has 1 heterocycles.